The van der Waals surface area contributed by atoms with E-state index in [9.17, 15) is 0 Å². The quantitative estimate of drug-likeness (QED) is 0.856. The van der Waals surface area contributed by atoms with Gasteiger partial charge in [0.25, 0.3) is 0 Å². The molecule has 0 aliphatic rings. The van der Waals surface area contributed by atoms with Gasteiger partial charge in [-0.2, -0.15) is 0 Å². The minimum Gasteiger partial charge on any atom is -0.493 e. The highest BCUT2D eigenvalue weighted by atomic mass is 32.1. The number of hydrogen-bond acceptors (Lipinski definition) is 3. The average Bonchev–Trinajstić information content (AvgIpc) is 2.52. The largest absolute Gasteiger partial charge is 0.493 e. The average molecular weight is 287 g/mol. The third-order valence-electron chi connectivity index (χ3n) is 2.94. The Labute approximate surface area is 124 Å². The van der Waals surface area contributed by atoms with Crippen molar-refractivity contribution in [2.24, 2.45) is 0 Å². The molecule has 0 heterocycles. The first-order chi connectivity index (χ1) is 9.76. The summed E-state index contributed by atoms with van der Waals surface area (Å²) in [6.45, 7) is 0.681. The number of thiocarbonyl (C=S) groups is 1. The summed E-state index contributed by atoms with van der Waals surface area (Å²) in [6, 6.07) is 15.8. The molecular formula is C16H17NO2S. The van der Waals surface area contributed by atoms with Gasteiger partial charge in [0.15, 0.2) is 11.5 Å². The molecule has 20 heavy (non-hydrogen) atoms. The maximum absolute atomic E-state index is 5.43. The minimum absolute atomic E-state index is 0.643. The highest BCUT2D eigenvalue weighted by Crippen LogP contribution is 2.30. The normalized spacial score (nSPS) is 9.90. The van der Waals surface area contributed by atoms with E-state index >= 15 is 0 Å². The van der Waals surface area contributed by atoms with Gasteiger partial charge in [0.05, 0.1) is 19.8 Å². The first-order valence-corrected chi connectivity index (χ1v) is 6.70. The van der Waals surface area contributed by atoms with Crippen LogP contribution < -0.4 is 14.8 Å². The van der Waals surface area contributed by atoms with Crippen LogP contribution in [0.25, 0.3) is 0 Å². The van der Waals surface area contributed by atoms with Gasteiger partial charge in [-0.1, -0.05) is 48.6 Å². The molecule has 0 aromatic heterocycles. The van der Waals surface area contributed by atoms with E-state index in [0.29, 0.717) is 23.0 Å². The van der Waals surface area contributed by atoms with Gasteiger partial charge in [0.2, 0.25) is 0 Å². The molecule has 0 bridgehead atoms. The second-order valence-electron chi connectivity index (χ2n) is 4.21. The number of benzene rings is 2. The Morgan fingerprint density at radius 3 is 2.40 bits per heavy atom. The maximum Gasteiger partial charge on any atom is 0.170 e. The van der Waals surface area contributed by atoms with Crippen LogP contribution in [-0.2, 0) is 6.54 Å². The molecule has 3 nitrogen and oxygen atoms in total. The van der Waals surface area contributed by atoms with Crippen LogP contribution in [0.2, 0.25) is 0 Å². The molecule has 0 amide bonds. The summed E-state index contributed by atoms with van der Waals surface area (Å²) >= 11 is 5.43. The van der Waals surface area contributed by atoms with Gasteiger partial charge in [-0.25, -0.2) is 0 Å². The van der Waals surface area contributed by atoms with Crippen LogP contribution in [0.3, 0.4) is 0 Å². The Bertz CT molecular complexity index is 584. The number of methoxy groups -OCH3 is 2. The Balaban J connectivity index is 2.13. The van der Waals surface area contributed by atoms with Gasteiger partial charge in [0, 0.05) is 6.54 Å². The predicted octanol–water partition coefficient (Wildman–Crippen LogP) is 3.17. The van der Waals surface area contributed by atoms with E-state index in [-0.39, 0.29) is 0 Å². The topological polar surface area (TPSA) is 30.5 Å². The van der Waals surface area contributed by atoms with Crippen molar-refractivity contribution in [1.29, 1.82) is 0 Å². The highest BCUT2D eigenvalue weighted by molar-refractivity contribution is 7.80. The van der Waals surface area contributed by atoms with E-state index < -0.39 is 0 Å². The van der Waals surface area contributed by atoms with E-state index in [0.717, 1.165) is 5.56 Å². The van der Waals surface area contributed by atoms with Crippen molar-refractivity contribution in [3.63, 3.8) is 0 Å². The van der Waals surface area contributed by atoms with Gasteiger partial charge in [0.1, 0.15) is 4.99 Å². The molecule has 4 heteroatoms. The summed E-state index contributed by atoms with van der Waals surface area (Å²) in [5, 5.41) is 3.24. The molecule has 0 fully saturated rings. The standard InChI is InChI=1S/C16H17NO2S/c1-18-14-10-6-9-13(15(14)19-2)16(20)17-11-12-7-4-3-5-8-12/h3-10H,11H2,1-2H3,(H,17,20). The fraction of sp³-hybridized carbons (Fsp3) is 0.188. The lowest BCUT2D eigenvalue weighted by Crippen LogP contribution is -2.22. The fourth-order valence-electron chi connectivity index (χ4n) is 1.94. The van der Waals surface area contributed by atoms with E-state index in [1.54, 1.807) is 14.2 Å². The molecule has 0 radical (unpaired) electrons. The smallest absolute Gasteiger partial charge is 0.170 e. The summed E-state index contributed by atoms with van der Waals surface area (Å²) in [4.78, 5) is 0.643. The zero-order chi connectivity index (χ0) is 14.4. The van der Waals surface area contributed by atoms with Crippen LogP contribution in [-0.4, -0.2) is 19.2 Å². The second-order valence-corrected chi connectivity index (χ2v) is 4.62. The molecule has 0 spiro atoms. The van der Waals surface area contributed by atoms with Crippen molar-refractivity contribution in [3.8, 4) is 11.5 Å². The minimum atomic E-state index is 0.643. The Kier molecular flexibility index (Phi) is 4.96. The van der Waals surface area contributed by atoms with Crippen LogP contribution in [0.4, 0.5) is 0 Å². The monoisotopic (exact) mass is 287 g/mol. The molecule has 2 rings (SSSR count). The van der Waals surface area contributed by atoms with E-state index in [2.05, 4.69) is 17.4 Å². The maximum atomic E-state index is 5.43. The zero-order valence-electron chi connectivity index (χ0n) is 11.6. The lowest BCUT2D eigenvalue weighted by atomic mass is 10.1. The number of rotatable bonds is 5. The van der Waals surface area contributed by atoms with Gasteiger partial charge in [-0.3, -0.25) is 0 Å². The number of nitrogens with one attached hydrogen (secondary N) is 1. The molecular weight excluding hydrogens is 270 g/mol. The van der Waals surface area contributed by atoms with Gasteiger partial charge in [-0.15, -0.1) is 0 Å². The van der Waals surface area contributed by atoms with Gasteiger partial charge < -0.3 is 14.8 Å². The molecule has 0 aliphatic heterocycles. The number of ether oxygens (including phenoxy) is 2. The zero-order valence-corrected chi connectivity index (χ0v) is 12.4. The first-order valence-electron chi connectivity index (χ1n) is 6.29. The number of hydrogen-bond donors (Lipinski definition) is 1. The summed E-state index contributed by atoms with van der Waals surface area (Å²) in [6.07, 6.45) is 0. The van der Waals surface area contributed by atoms with Crippen molar-refractivity contribution in [2.75, 3.05) is 14.2 Å². The van der Waals surface area contributed by atoms with Crippen LogP contribution in [0.15, 0.2) is 48.5 Å². The summed E-state index contributed by atoms with van der Waals surface area (Å²) in [5.41, 5.74) is 2.01. The molecule has 0 unspecified atom stereocenters. The second kappa shape index (κ2) is 6.91. The summed E-state index contributed by atoms with van der Waals surface area (Å²) < 4.78 is 10.7. The predicted molar refractivity (Wildman–Crippen MR) is 84.5 cm³/mol. The molecule has 104 valence electrons. The molecule has 0 saturated carbocycles. The van der Waals surface area contributed by atoms with Crippen LogP contribution in [0, 0.1) is 0 Å². The number of para-hydroxylation sites is 1. The van der Waals surface area contributed by atoms with Crippen LogP contribution in [0.5, 0.6) is 11.5 Å². The Morgan fingerprint density at radius 2 is 1.75 bits per heavy atom. The van der Waals surface area contributed by atoms with Crippen molar-refractivity contribution in [1.82, 2.24) is 5.32 Å². The third kappa shape index (κ3) is 3.27. The first kappa shape index (κ1) is 14.3. The molecule has 2 aromatic rings. The molecule has 2 aromatic carbocycles. The molecule has 0 aliphatic carbocycles. The summed E-state index contributed by atoms with van der Waals surface area (Å²) in [5.74, 6) is 1.33. The summed E-state index contributed by atoms with van der Waals surface area (Å²) in [7, 11) is 3.23. The van der Waals surface area contributed by atoms with Crippen molar-refractivity contribution < 1.29 is 9.47 Å². The highest BCUT2D eigenvalue weighted by Gasteiger charge is 2.12. The van der Waals surface area contributed by atoms with Gasteiger partial charge >= 0.3 is 0 Å². The lowest BCUT2D eigenvalue weighted by molar-refractivity contribution is 0.354. The van der Waals surface area contributed by atoms with Crippen LogP contribution in [0.1, 0.15) is 11.1 Å². The van der Waals surface area contributed by atoms with Crippen molar-refractivity contribution in [2.45, 2.75) is 6.54 Å². The molecule has 0 saturated heterocycles. The van der Waals surface area contributed by atoms with E-state index in [1.807, 2.05) is 36.4 Å². The van der Waals surface area contributed by atoms with Crippen molar-refractivity contribution in [3.05, 3.63) is 59.7 Å². The van der Waals surface area contributed by atoms with Crippen molar-refractivity contribution >= 4 is 17.2 Å². The Hall–Kier alpha value is -2.07. The SMILES string of the molecule is COc1cccc(C(=S)NCc2ccccc2)c1OC. The van der Waals surface area contributed by atoms with Gasteiger partial charge in [-0.05, 0) is 17.7 Å². The molecule has 0 atom stereocenters. The van der Waals surface area contributed by atoms with E-state index in [4.69, 9.17) is 21.7 Å². The fourth-order valence-corrected chi connectivity index (χ4v) is 2.17. The Morgan fingerprint density at radius 1 is 1.00 bits per heavy atom. The van der Waals surface area contributed by atoms with E-state index in [1.165, 1.54) is 5.56 Å². The lowest BCUT2D eigenvalue weighted by Gasteiger charge is -2.14. The third-order valence-corrected chi connectivity index (χ3v) is 3.31. The van der Waals surface area contributed by atoms with Crippen LogP contribution >= 0.6 is 12.2 Å². The molecule has 1 N–H and O–H groups in total.